The van der Waals surface area contributed by atoms with E-state index in [-0.39, 0.29) is 12.4 Å². The van der Waals surface area contributed by atoms with Gasteiger partial charge in [-0.05, 0) is 12.1 Å². The molecule has 19 heavy (non-hydrogen) atoms. The number of sulfone groups is 1. The Morgan fingerprint density at radius 2 is 1.63 bits per heavy atom. The van der Waals surface area contributed by atoms with Gasteiger partial charge in [0.25, 0.3) is 11.8 Å². The lowest BCUT2D eigenvalue weighted by Crippen LogP contribution is -2.40. The molecule has 1 aromatic rings. The molecule has 2 amide bonds. The maximum atomic E-state index is 12.1. The van der Waals surface area contributed by atoms with Gasteiger partial charge in [0, 0.05) is 18.7 Å². The molecule has 0 aliphatic carbocycles. The number of hydrogen-bond acceptors (Lipinski definition) is 4. The first-order chi connectivity index (χ1) is 8.86. The van der Waals surface area contributed by atoms with Crippen molar-refractivity contribution in [1.82, 2.24) is 4.90 Å². The number of alkyl halides is 1. The second-order valence-electron chi connectivity index (χ2n) is 4.37. The zero-order valence-corrected chi connectivity index (χ0v) is 11.7. The molecule has 0 fully saturated rings. The molecular weight excluding hydrogens is 290 g/mol. The van der Waals surface area contributed by atoms with Gasteiger partial charge < -0.3 is 0 Å². The molecule has 1 heterocycles. The van der Waals surface area contributed by atoms with Crippen LogP contribution < -0.4 is 0 Å². The number of halogens is 1. The topological polar surface area (TPSA) is 71.5 Å². The Morgan fingerprint density at radius 3 is 2.00 bits per heavy atom. The Balaban J connectivity index is 2.30. The van der Waals surface area contributed by atoms with Gasteiger partial charge in [0.1, 0.15) is 0 Å². The van der Waals surface area contributed by atoms with Crippen LogP contribution in [0.3, 0.4) is 0 Å². The second-order valence-corrected chi connectivity index (χ2v) is 7.01. The van der Waals surface area contributed by atoms with E-state index in [9.17, 15) is 18.0 Å². The molecule has 2 rings (SSSR count). The minimum atomic E-state index is -3.41. The molecular formula is C12H12ClNO4S. The van der Waals surface area contributed by atoms with E-state index in [1.165, 1.54) is 0 Å². The molecule has 0 spiro atoms. The molecule has 0 radical (unpaired) electrons. The van der Waals surface area contributed by atoms with Crippen LogP contribution in [0.15, 0.2) is 24.3 Å². The molecule has 0 aromatic heterocycles. The van der Waals surface area contributed by atoms with Gasteiger partial charge in [0.2, 0.25) is 0 Å². The summed E-state index contributed by atoms with van der Waals surface area (Å²) in [5.74, 6) is -1.11. The average molecular weight is 302 g/mol. The largest absolute Gasteiger partial charge is 0.273 e. The second kappa shape index (κ2) is 4.94. The van der Waals surface area contributed by atoms with Crippen LogP contribution in [0.4, 0.5) is 0 Å². The maximum Gasteiger partial charge on any atom is 0.261 e. The number of rotatable bonds is 4. The number of carbonyl (C=O) groups is 2. The van der Waals surface area contributed by atoms with E-state index >= 15 is 0 Å². The van der Waals surface area contributed by atoms with Crippen LogP contribution in [0.2, 0.25) is 0 Å². The lowest BCUT2D eigenvalue weighted by molar-refractivity contribution is 0.0656. The van der Waals surface area contributed by atoms with Crippen LogP contribution in [-0.2, 0) is 9.84 Å². The Kier molecular flexibility index (Phi) is 3.64. The highest BCUT2D eigenvalue weighted by molar-refractivity contribution is 7.91. The summed E-state index contributed by atoms with van der Waals surface area (Å²) in [5.41, 5.74) is 0.601. The summed E-state index contributed by atoms with van der Waals surface area (Å²) in [4.78, 5) is 25.0. The molecule has 0 bridgehead atoms. The van der Waals surface area contributed by atoms with Crippen molar-refractivity contribution >= 4 is 33.3 Å². The highest BCUT2D eigenvalue weighted by Gasteiger charge is 2.37. The van der Waals surface area contributed by atoms with E-state index in [2.05, 4.69) is 0 Å². The van der Waals surface area contributed by atoms with Crippen molar-refractivity contribution in [2.75, 3.05) is 18.7 Å². The molecule has 1 atom stereocenters. The van der Waals surface area contributed by atoms with E-state index in [4.69, 9.17) is 11.6 Å². The molecule has 0 saturated heterocycles. The number of benzene rings is 1. The van der Waals surface area contributed by atoms with Crippen LogP contribution in [0.25, 0.3) is 0 Å². The van der Waals surface area contributed by atoms with Crippen LogP contribution in [0.5, 0.6) is 0 Å². The zero-order chi connectivity index (χ0) is 14.2. The summed E-state index contributed by atoms with van der Waals surface area (Å²) < 4.78 is 23.0. The molecule has 7 heteroatoms. The smallest absolute Gasteiger partial charge is 0.261 e. The number of hydrogen-bond donors (Lipinski definition) is 0. The van der Waals surface area contributed by atoms with Crippen molar-refractivity contribution in [3.63, 3.8) is 0 Å². The SMILES string of the molecule is CS(=O)(=O)C(CCl)CN1C(=O)c2ccccc2C1=O. The van der Waals surface area contributed by atoms with E-state index < -0.39 is 26.9 Å². The third kappa shape index (κ3) is 2.50. The fraction of sp³-hybridized carbons (Fsp3) is 0.333. The van der Waals surface area contributed by atoms with Crippen molar-refractivity contribution in [3.8, 4) is 0 Å². The van der Waals surface area contributed by atoms with Gasteiger partial charge in [0.05, 0.1) is 16.4 Å². The Labute approximate surface area is 116 Å². The lowest BCUT2D eigenvalue weighted by Gasteiger charge is -2.19. The zero-order valence-electron chi connectivity index (χ0n) is 10.2. The average Bonchev–Trinajstić information content (AvgIpc) is 2.59. The third-order valence-electron chi connectivity index (χ3n) is 3.04. The summed E-state index contributed by atoms with van der Waals surface area (Å²) in [6.45, 7) is -0.214. The third-order valence-corrected chi connectivity index (χ3v) is 5.12. The van der Waals surface area contributed by atoms with Gasteiger partial charge in [-0.1, -0.05) is 12.1 Å². The first-order valence-corrected chi connectivity index (χ1v) is 8.05. The molecule has 1 aromatic carbocycles. The van der Waals surface area contributed by atoms with E-state index in [0.717, 1.165) is 11.2 Å². The molecule has 1 aliphatic heterocycles. The lowest BCUT2D eigenvalue weighted by atomic mass is 10.1. The van der Waals surface area contributed by atoms with E-state index in [0.29, 0.717) is 11.1 Å². The van der Waals surface area contributed by atoms with E-state index in [1.807, 2.05) is 0 Å². The van der Waals surface area contributed by atoms with Gasteiger partial charge in [-0.2, -0.15) is 0 Å². The van der Waals surface area contributed by atoms with Gasteiger partial charge in [0.15, 0.2) is 9.84 Å². The molecule has 1 aliphatic rings. The van der Waals surface area contributed by atoms with Gasteiger partial charge in [-0.25, -0.2) is 8.42 Å². The monoisotopic (exact) mass is 301 g/mol. The Morgan fingerprint density at radius 1 is 1.16 bits per heavy atom. The molecule has 1 unspecified atom stereocenters. The highest BCUT2D eigenvalue weighted by Crippen LogP contribution is 2.23. The highest BCUT2D eigenvalue weighted by atomic mass is 35.5. The van der Waals surface area contributed by atoms with E-state index in [1.54, 1.807) is 24.3 Å². The van der Waals surface area contributed by atoms with Crippen LogP contribution >= 0.6 is 11.6 Å². The van der Waals surface area contributed by atoms with Crippen LogP contribution in [-0.4, -0.2) is 49.1 Å². The maximum absolute atomic E-state index is 12.1. The minimum absolute atomic E-state index is 0.160. The molecule has 102 valence electrons. The van der Waals surface area contributed by atoms with Crippen molar-refractivity contribution in [2.45, 2.75) is 5.25 Å². The summed E-state index contributed by atoms with van der Waals surface area (Å²) in [7, 11) is -3.41. The number of carbonyl (C=O) groups excluding carboxylic acids is 2. The Bertz CT molecular complexity index is 606. The van der Waals surface area contributed by atoms with Crippen molar-refractivity contribution in [3.05, 3.63) is 35.4 Å². The number of nitrogens with zero attached hydrogens (tertiary/aromatic N) is 1. The fourth-order valence-electron chi connectivity index (χ4n) is 1.91. The van der Waals surface area contributed by atoms with Crippen molar-refractivity contribution in [1.29, 1.82) is 0 Å². The van der Waals surface area contributed by atoms with Gasteiger partial charge in [-0.3, -0.25) is 14.5 Å². The normalized spacial score (nSPS) is 16.6. The van der Waals surface area contributed by atoms with Crippen LogP contribution in [0.1, 0.15) is 20.7 Å². The van der Waals surface area contributed by atoms with Crippen LogP contribution in [0, 0.1) is 0 Å². The number of amides is 2. The first kappa shape index (κ1) is 14.0. The predicted molar refractivity (Wildman–Crippen MR) is 71.2 cm³/mol. The van der Waals surface area contributed by atoms with Crippen molar-refractivity contribution < 1.29 is 18.0 Å². The molecule has 0 N–H and O–H groups in total. The first-order valence-electron chi connectivity index (χ1n) is 5.56. The molecule has 0 saturated carbocycles. The summed E-state index contributed by atoms with van der Waals surface area (Å²) >= 11 is 5.61. The minimum Gasteiger partial charge on any atom is -0.273 e. The quantitative estimate of drug-likeness (QED) is 0.613. The van der Waals surface area contributed by atoms with Gasteiger partial charge >= 0.3 is 0 Å². The summed E-state index contributed by atoms with van der Waals surface area (Å²) in [6.07, 6.45) is 1.04. The fourth-order valence-corrected chi connectivity index (χ4v) is 3.34. The standard InChI is InChI=1S/C12H12ClNO4S/c1-19(17,18)8(6-13)7-14-11(15)9-4-2-3-5-10(9)12(14)16/h2-5,8H,6-7H2,1H3. The predicted octanol–water partition coefficient (Wildman–Crippen LogP) is 0.935. The number of fused-ring (bicyclic) bond motifs is 1. The van der Waals surface area contributed by atoms with Crippen molar-refractivity contribution in [2.24, 2.45) is 0 Å². The molecule has 5 nitrogen and oxygen atoms in total. The summed E-state index contributed by atoms with van der Waals surface area (Å²) in [6, 6.07) is 6.41. The summed E-state index contributed by atoms with van der Waals surface area (Å²) in [5, 5.41) is -0.948. The van der Waals surface area contributed by atoms with Gasteiger partial charge in [-0.15, -0.1) is 11.6 Å². The Hall–Kier alpha value is -1.40. The number of imide groups is 1.